The van der Waals surface area contributed by atoms with Crippen LogP contribution in [0.3, 0.4) is 0 Å². The first-order valence-electron chi connectivity index (χ1n) is 12.1. The molecule has 40 heavy (non-hydrogen) atoms. The van der Waals surface area contributed by atoms with Crippen LogP contribution in [0.1, 0.15) is 16.7 Å². The molecule has 0 saturated heterocycles. The molecule has 5 rings (SSSR count). The summed E-state index contributed by atoms with van der Waals surface area (Å²) < 4.78 is 37.6. The Hall–Kier alpha value is -4.83. The highest BCUT2D eigenvalue weighted by atomic mass is 16.7. The van der Waals surface area contributed by atoms with E-state index in [1.807, 2.05) is 18.2 Å². The Morgan fingerprint density at radius 3 is 2.15 bits per heavy atom. The van der Waals surface area contributed by atoms with Crippen LogP contribution in [0, 0.1) is 0 Å². The topological polar surface area (TPSA) is 122 Å². The van der Waals surface area contributed by atoms with E-state index in [1.165, 1.54) is 13.2 Å². The molecular weight excluding hydrogens is 520 g/mol. The fraction of sp³-hybridized carbons (Fsp3) is 0.233. The zero-order valence-electron chi connectivity index (χ0n) is 22.7. The lowest BCUT2D eigenvalue weighted by molar-refractivity contribution is -0.131. The standard InChI is InChI=1S/C19H18O6.C11H12O4/c1-21-12-5-4-11-6-14-13-8-17(22-2)18(23-3)9-16(13)24-10-19(14,20)25-15(11)7-12;1-14-9-5-3-8(4-6-11(12)13)7-10(9)15-2/h4-9,20H,10H2,1-3H3;3-7H,1-2H3,(H,12,13). The summed E-state index contributed by atoms with van der Waals surface area (Å²) in [6, 6.07) is 14.2. The predicted octanol–water partition coefficient (Wildman–Crippen LogP) is 4.53. The first-order valence-corrected chi connectivity index (χ1v) is 12.1. The highest BCUT2D eigenvalue weighted by Gasteiger charge is 2.44. The number of hydrogen-bond donors (Lipinski definition) is 2. The van der Waals surface area contributed by atoms with Gasteiger partial charge in [0.25, 0.3) is 5.79 Å². The van der Waals surface area contributed by atoms with Gasteiger partial charge in [-0.2, -0.15) is 0 Å². The number of hydrogen-bond acceptors (Lipinski definition) is 9. The maximum atomic E-state index is 11.0. The third kappa shape index (κ3) is 5.76. The predicted molar refractivity (Wildman–Crippen MR) is 148 cm³/mol. The van der Waals surface area contributed by atoms with Crippen LogP contribution in [0.4, 0.5) is 0 Å². The minimum Gasteiger partial charge on any atom is -0.497 e. The molecule has 10 nitrogen and oxygen atoms in total. The van der Waals surface area contributed by atoms with Crippen LogP contribution < -0.4 is 33.2 Å². The third-order valence-corrected chi connectivity index (χ3v) is 6.25. The number of carboxylic acids is 1. The number of carbonyl (C=O) groups is 1. The first-order chi connectivity index (χ1) is 19.2. The van der Waals surface area contributed by atoms with Gasteiger partial charge in [-0.15, -0.1) is 0 Å². The molecule has 0 fully saturated rings. The molecule has 2 heterocycles. The van der Waals surface area contributed by atoms with Gasteiger partial charge in [-0.1, -0.05) is 6.07 Å². The summed E-state index contributed by atoms with van der Waals surface area (Å²) in [6.45, 7) is -0.0298. The van der Waals surface area contributed by atoms with Crippen molar-refractivity contribution in [3.05, 3.63) is 71.3 Å². The zero-order valence-corrected chi connectivity index (χ0v) is 22.7. The second-order valence-corrected chi connectivity index (χ2v) is 8.63. The molecule has 1 atom stereocenters. The van der Waals surface area contributed by atoms with E-state index < -0.39 is 11.8 Å². The van der Waals surface area contributed by atoms with Crippen LogP contribution in [0.2, 0.25) is 0 Å². The van der Waals surface area contributed by atoms with E-state index in [2.05, 4.69) is 0 Å². The lowest BCUT2D eigenvalue weighted by Gasteiger charge is -2.39. The van der Waals surface area contributed by atoms with E-state index >= 15 is 0 Å². The number of fused-ring (bicyclic) bond motifs is 4. The second kappa shape index (κ2) is 11.9. The number of methoxy groups -OCH3 is 5. The monoisotopic (exact) mass is 550 g/mol. The molecular formula is C30H30O10. The molecule has 0 amide bonds. The maximum absolute atomic E-state index is 11.0. The summed E-state index contributed by atoms with van der Waals surface area (Å²) in [6.07, 6.45) is 4.46. The summed E-state index contributed by atoms with van der Waals surface area (Å²) in [5, 5.41) is 19.5. The molecule has 0 aromatic heterocycles. The Kier molecular flexibility index (Phi) is 8.40. The van der Waals surface area contributed by atoms with Crippen LogP contribution in [-0.4, -0.2) is 64.1 Å². The largest absolute Gasteiger partial charge is 0.497 e. The van der Waals surface area contributed by atoms with E-state index in [-0.39, 0.29) is 6.61 Å². The summed E-state index contributed by atoms with van der Waals surface area (Å²) >= 11 is 0. The molecule has 0 radical (unpaired) electrons. The van der Waals surface area contributed by atoms with E-state index in [0.29, 0.717) is 51.4 Å². The Bertz CT molecular complexity index is 1460. The summed E-state index contributed by atoms with van der Waals surface area (Å²) in [5.41, 5.74) is 2.92. The SMILES string of the molecule is COc1ccc(C=CC(=O)O)cc1OC.COc1ccc2c(c1)OC1(O)COc3cc(OC)c(OC)cc3C1=C2. The van der Waals surface area contributed by atoms with Gasteiger partial charge in [0.15, 0.2) is 29.6 Å². The van der Waals surface area contributed by atoms with Gasteiger partial charge in [-0.25, -0.2) is 4.79 Å². The molecule has 3 aromatic carbocycles. The molecule has 2 aliphatic rings. The minimum atomic E-state index is -1.58. The maximum Gasteiger partial charge on any atom is 0.328 e. The fourth-order valence-electron chi connectivity index (χ4n) is 4.24. The van der Waals surface area contributed by atoms with Gasteiger partial charge < -0.3 is 43.4 Å². The average molecular weight is 551 g/mol. The lowest BCUT2D eigenvalue weighted by Crippen LogP contribution is -2.47. The van der Waals surface area contributed by atoms with Gasteiger partial charge in [0.1, 0.15) is 17.2 Å². The molecule has 2 aliphatic heterocycles. The molecule has 0 aliphatic carbocycles. The van der Waals surface area contributed by atoms with Crippen molar-refractivity contribution in [1.29, 1.82) is 0 Å². The van der Waals surface area contributed by atoms with Gasteiger partial charge in [0, 0.05) is 34.9 Å². The van der Waals surface area contributed by atoms with E-state index in [0.717, 1.165) is 17.2 Å². The number of rotatable bonds is 7. The quantitative estimate of drug-likeness (QED) is 0.406. The molecule has 2 N–H and O–H groups in total. The van der Waals surface area contributed by atoms with Crippen molar-refractivity contribution in [2.45, 2.75) is 5.79 Å². The molecule has 0 saturated carbocycles. The van der Waals surface area contributed by atoms with E-state index in [1.54, 1.807) is 64.8 Å². The van der Waals surface area contributed by atoms with Gasteiger partial charge in [0.2, 0.25) is 0 Å². The molecule has 210 valence electrons. The van der Waals surface area contributed by atoms with Gasteiger partial charge in [-0.3, -0.25) is 0 Å². The molecule has 0 spiro atoms. The molecule has 3 aromatic rings. The number of benzene rings is 3. The molecule has 1 unspecified atom stereocenters. The summed E-state index contributed by atoms with van der Waals surface area (Å²) in [4.78, 5) is 10.3. The van der Waals surface area contributed by atoms with Crippen molar-refractivity contribution < 1.29 is 48.2 Å². The van der Waals surface area contributed by atoms with Crippen molar-refractivity contribution in [1.82, 2.24) is 0 Å². The Labute approximate surface area is 231 Å². The first kappa shape index (κ1) is 28.2. The van der Waals surface area contributed by atoms with Crippen molar-refractivity contribution in [3.63, 3.8) is 0 Å². The smallest absolute Gasteiger partial charge is 0.328 e. The van der Waals surface area contributed by atoms with Crippen LogP contribution in [0.15, 0.2) is 54.6 Å². The van der Waals surface area contributed by atoms with Crippen LogP contribution in [0.25, 0.3) is 17.7 Å². The second-order valence-electron chi connectivity index (χ2n) is 8.63. The van der Waals surface area contributed by atoms with Gasteiger partial charge in [-0.05, 0) is 48.0 Å². The van der Waals surface area contributed by atoms with E-state index in [4.69, 9.17) is 38.3 Å². The fourth-order valence-corrected chi connectivity index (χ4v) is 4.24. The van der Waals surface area contributed by atoms with Crippen LogP contribution in [-0.2, 0) is 4.79 Å². The average Bonchev–Trinajstić information content (AvgIpc) is 2.97. The van der Waals surface area contributed by atoms with Crippen molar-refractivity contribution in [2.75, 3.05) is 42.2 Å². The number of carboxylic acid groups (broad SMARTS) is 1. The van der Waals surface area contributed by atoms with Crippen molar-refractivity contribution in [2.24, 2.45) is 0 Å². The van der Waals surface area contributed by atoms with Gasteiger partial charge in [0.05, 0.1) is 35.5 Å². The Morgan fingerprint density at radius 2 is 1.50 bits per heavy atom. The van der Waals surface area contributed by atoms with E-state index in [9.17, 15) is 9.90 Å². The zero-order chi connectivity index (χ0) is 28.9. The van der Waals surface area contributed by atoms with Crippen molar-refractivity contribution in [3.8, 4) is 40.2 Å². The number of aliphatic hydroxyl groups is 1. The van der Waals surface area contributed by atoms with Crippen molar-refractivity contribution >= 4 is 23.7 Å². The highest BCUT2D eigenvalue weighted by molar-refractivity contribution is 5.92. The lowest BCUT2D eigenvalue weighted by atomic mass is 9.90. The third-order valence-electron chi connectivity index (χ3n) is 6.25. The number of ether oxygens (including phenoxy) is 7. The molecule has 10 heteroatoms. The highest BCUT2D eigenvalue weighted by Crippen LogP contribution is 2.49. The normalized spacial score (nSPS) is 16.4. The molecule has 0 bridgehead atoms. The minimum absolute atomic E-state index is 0.0298. The Morgan fingerprint density at radius 1 is 0.825 bits per heavy atom. The van der Waals surface area contributed by atoms with Gasteiger partial charge >= 0.3 is 5.97 Å². The Balaban J connectivity index is 0.000000212. The number of aliphatic carboxylic acids is 1. The van der Waals surface area contributed by atoms with Crippen LogP contribution >= 0.6 is 0 Å². The van der Waals surface area contributed by atoms with Crippen LogP contribution in [0.5, 0.6) is 40.2 Å². The summed E-state index contributed by atoms with van der Waals surface area (Å²) in [5.74, 6) is 1.55. The summed E-state index contributed by atoms with van der Waals surface area (Å²) in [7, 11) is 7.79.